The molecule has 2 atom stereocenters. The molecule has 4 rings (SSSR count). The SMILES string of the molecule is Cc1nc2n(n1)CCC[C@H]2N[C@@H](C)c1cnn(Cc2ccccc2)c1. The number of hydrogen-bond donors (Lipinski definition) is 1. The summed E-state index contributed by atoms with van der Waals surface area (Å²) in [6.45, 7) is 5.91. The zero-order valence-corrected chi connectivity index (χ0v) is 14.8. The summed E-state index contributed by atoms with van der Waals surface area (Å²) >= 11 is 0. The van der Waals surface area contributed by atoms with Crippen molar-refractivity contribution in [3.05, 3.63) is 65.5 Å². The van der Waals surface area contributed by atoms with Gasteiger partial charge < -0.3 is 5.32 Å². The normalized spacial score (nSPS) is 18.1. The molecule has 130 valence electrons. The van der Waals surface area contributed by atoms with Crippen LogP contribution in [-0.4, -0.2) is 24.5 Å². The largest absolute Gasteiger partial charge is 0.301 e. The van der Waals surface area contributed by atoms with E-state index < -0.39 is 0 Å². The number of nitrogens with one attached hydrogen (secondary N) is 1. The van der Waals surface area contributed by atoms with Crippen molar-refractivity contribution in [3.63, 3.8) is 0 Å². The van der Waals surface area contributed by atoms with Crippen LogP contribution in [-0.2, 0) is 13.1 Å². The molecular weight excluding hydrogens is 312 g/mol. The van der Waals surface area contributed by atoms with E-state index in [1.54, 1.807) is 0 Å². The Labute approximate surface area is 147 Å². The summed E-state index contributed by atoms with van der Waals surface area (Å²) in [5.41, 5.74) is 2.46. The van der Waals surface area contributed by atoms with Crippen LogP contribution in [0.4, 0.5) is 0 Å². The Morgan fingerprint density at radius 2 is 2.12 bits per heavy atom. The summed E-state index contributed by atoms with van der Waals surface area (Å²) in [6, 6.07) is 10.9. The molecule has 1 N–H and O–H groups in total. The van der Waals surface area contributed by atoms with E-state index >= 15 is 0 Å². The van der Waals surface area contributed by atoms with Gasteiger partial charge >= 0.3 is 0 Å². The van der Waals surface area contributed by atoms with Crippen LogP contribution in [0.2, 0.25) is 0 Å². The van der Waals surface area contributed by atoms with Gasteiger partial charge in [-0.3, -0.25) is 4.68 Å². The number of hydrogen-bond acceptors (Lipinski definition) is 4. The summed E-state index contributed by atoms with van der Waals surface area (Å²) < 4.78 is 4.04. The van der Waals surface area contributed by atoms with Gasteiger partial charge in [0.2, 0.25) is 0 Å². The predicted octanol–water partition coefficient (Wildman–Crippen LogP) is 3.02. The second-order valence-electron chi connectivity index (χ2n) is 6.78. The van der Waals surface area contributed by atoms with Crippen molar-refractivity contribution in [2.24, 2.45) is 0 Å². The Bertz CT molecular complexity index is 835. The average Bonchev–Trinajstić information content (AvgIpc) is 3.22. The molecular formula is C19H24N6. The topological polar surface area (TPSA) is 60.6 Å². The molecule has 1 aromatic carbocycles. The fourth-order valence-corrected chi connectivity index (χ4v) is 3.48. The lowest BCUT2D eigenvalue weighted by Crippen LogP contribution is -2.30. The molecule has 25 heavy (non-hydrogen) atoms. The van der Waals surface area contributed by atoms with Crippen LogP contribution in [0.15, 0.2) is 42.7 Å². The first kappa shape index (κ1) is 16.0. The summed E-state index contributed by atoms with van der Waals surface area (Å²) in [4.78, 5) is 4.61. The monoisotopic (exact) mass is 336 g/mol. The number of nitrogens with zero attached hydrogens (tertiary/aromatic N) is 5. The van der Waals surface area contributed by atoms with E-state index in [4.69, 9.17) is 0 Å². The first-order chi connectivity index (χ1) is 12.2. The molecule has 6 heteroatoms. The number of benzene rings is 1. The molecule has 0 bridgehead atoms. The van der Waals surface area contributed by atoms with Crippen molar-refractivity contribution in [3.8, 4) is 0 Å². The van der Waals surface area contributed by atoms with E-state index in [0.29, 0.717) is 0 Å². The molecule has 0 saturated heterocycles. The van der Waals surface area contributed by atoms with Gasteiger partial charge in [-0.15, -0.1) is 0 Å². The number of rotatable bonds is 5. The maximum atomic E-state index is 4.61. The molecule has 1 aliphatic rings. The van der Waals surface area contributed by atoms with Crippen LogP contribution in [0, 0.1) is 6.92 Å². The van der Waals surface area contributed by atoms with Crippen molar-refractivity contribution in [2.75, 3.05) is 0 Å². The van der Waals surface area contributed by atoms with Gasteiger partial charge in [-0.1, -0.05) is 30.3 Å². The molecule has 6 nitrogen and oxygen atoms in total. The molecule has 0 unspecified atom stereocenters. The third-order valence-corrected chi connectivity index (χ3v) is 4.77. The molecule has 0 spiro atoms. The predicted molar refractivity (Wildman–Crippen MR) is 96.1 cm³/mol. The zero-order valence-electron chi connectivity index (χ0n) is 14.8. The van der Waals surface area contributed by atoms with Crippen molar-refractivity contribution < 1.29 is 0 Å². The maximum absolute atomic E-state index is 4.61. The van der Waals surface area contributed by atoms with Crippen LogP contribution in [0.3, 0.4) is 0 Å². The van der Waals surface area contributed by atoms with Crippen LogP contribution >= 0.6 is 0 Å². The second kappa shape index (κ2) is 6.80. The zero-order chi connectivity index (χ0) is 17.2. The first-order valence-electron chi connectivity index (χ1n) is 8.93. The Hall–Kier alpha value is -2.47. The van der Waals surface area contributed by atoms with Gasteiger partial charge in [0.25, 0.3) is 0 Å². The van der Waals surface area contributed by atoms with Gasteiger partial charge in [0.1, 0.15) is 11.6 Å². The first-order valence-corrected chi connectivity index (χ1v) is 8.93. The van der Waals surface area contributed by atoms with Gasteiger partial charge in [-0.2, -0.15) is 10.2 Å². The second-order valence-corrected chi connectivity index (χ2v) is 6.78. The highest BCUT2D eigenvalue weighted by Gasteiger charge is 2.25. The highest BCUT2D eigenvalue weighted by Crippen LogP contribution is 2.26. The lowest BCUT2D eigenvalue weighted by atomic mass is 10.0. The van der Waals surface area contributed by atoms with E-state index in [1.807, 2.05) is 28.6 Å². The average molecular weight is 336 g/mol. The fraction of sp³-hybridized carbons (Fsp3) is 0.421. The lowest BCUT2D eigenvalue weighted by molar-refractivity contribution is 0.344. The summed E-state index contributed by atoms with van der Waals surface area (Å²) in [7, 11) is 0. The van der Waals surface area contributed by atoms with Gasteiger partial charge in [-0.25, -0.2) is 9.67 Å². The molecule has 3 aromatic rings. The van der Waals surface area contributed by atoms with Gasteiger partial charge in [0.05, 0.1) is 18.8 Å². The summed E-state index contributed by atoms with van der Waals surface area (Å²) in [5.74, 6) is 1.92. The molecule has 2 aromatic heterocycles. The van der Waals surface area contributed by atoms with Gasteiger partial charge in [0, 0.05) is 24.3 Å². The van der Waals surface area contributed by atoms with Crippen LogP contribution < -0.4 is 5.32 Å². The minimum Gasteiger partial charge on any atom is -0.301 e. The molecule has 3 heterocycles. The maximum Gasteiger partial charge on any atom is 0.147 e. The van der Waals surface area contributed by atoms with E-state index in [9.17, 15) is 0 Å². The molecule has 0 saturated carbocycles. The number of aryl methyl sites for hydroxylation is 2. The molecule has 0 fully saturated rings. The summed E-state index contributed by atoms with van der Waals surface area (Å²) in [6.07, 6.45) is 6.32. The van der Waals surface area contributed by atoms with Crippen molar-refractivity contribution in [2.45, 2.75) is 51.9 Å². The van der Waals surface area contributed by atoms with Crippen LogP contribution in [0.25, 0.3) is 0 Å². The van der Waals surface area contributed by atoms with Crippen molar-refractivity contribution in [1.29, 1.82) is 0 Å². The van der Waals surface area contributed by atoms with Crippen molar-refractivity contribution in [1.82, 2.24) is 29.9 Å². The van der Waals surface area contributed by atoms with Crippen LogP contribution in [0.5, 0.6) is 0 Å². The fourth-order valence-electron chi connectivity index (χ4n) is 3.48. The Balaban J connectivity index is 1.44. The van der Waals surface area contributed by atoms with Gasteiger partial charge in [0.15, 0.2) is 0 Å². The third-order valence-electron chi connectivity index (χ3n) is 4.77. The molecule has 1 aliphatic heterocycles. The standard InChI is InChI=1S/C19H24N6/c1-14(21-18-9-6-10-25-19(18)22-15(2)23-25)17-11-20-24(13-17)12-16-7-4-3-5-8-16/h3-5,7-8,11,13-14,18,21H,6,9-10,12H2,1-2H3/t14-,18+/m0/s1. The number of fused-ring (bicyclic) bond motifs is 1. The minimum absolute atomic E-state index is 0.220. The van der Waals surface area contributed by atoms with Crippen LogP contribution in [0.1, 0.15) is 54.6 Å². The van der Waals surface area contributed by atoms with E-state index in [1.165, 1.54) is 11.1 Å². The minimum atomic E-state index is 0.220. The molecule has 0 radical (unpaired) electrons. The van der Waals surface area contributed by atoms with E-state index in [-0.39, 0.29) is 12.1 Å². The van der Waals surface area contributed by atoms with Gasteiger partial charge in [-0.05, 0) is 32.3 Å². The Kier molecular flexibility index (Phi) is 4.36. The number of aromatic nitrogens is 5. The van der Waals surface area contributed by atoms with E-state index in [0.717, 1.165) is 37.6 Å². The quantitative estimate of drug-likeness (QED) is 0.778. The van der Waals surface area contributed by atoms with Crippen molar-refractivity contribution >= 4 is 0 Å². The molecule has 0 amide bonds. The Morgan fingerprint density at radius 1 is 1.28 bits per heavy atom. The molecule has 0 aliphatic carbocycles. The Morgan fingerprint density at radius 3 is 2.96 bits per heavy atom. The highest BCUT2D eigenvalue weighted by molar-refractivity contribution is 5.17. The smallest absolute Gasteiger partial charge is 0.147 e. The third kappa shape index (κ3) is 3.49. The van der Waals surface area contributed by atoms with E-state index in [2.05, 4.69) is 57.9 Å². The summed E-state index contributed by atoms with van der Waals surface area (Å²) in [5, 5.41) is 12.7. The highest BCUT2D eigenvalue weighted by atomic mass is 15.4. The lowest BCUT2D eigenvalue weighted by Gasteiger charge is -2.26.